The highest BCUT2D eigenvalue weighted by Crippen LogP contribution is 2.31. The van der Waals surface area contributed by atoms with Gasteiger partial charge in [-0.05, 0) is 45.0 Å². The van der Waals surface area contributed by atoms with Gasteiger partial charge in [0.2, 0.25) is 5.91 Å². The Morgan fingerprint density at radius 1 is 1.36 bits per heavy atom. The summed E-state index contributed by atoms with van der Waals surface area (Å²) < 4.78 is 13.7. The van der Waals surface area contributed by atoms with Crippen LogP contribution in [0.5, 0.6) is 0 Å². The van der Waals surface area contributed by atoms with Crippen LogP contribution in [0.15, 0.2) is 30.5 Å². The maximum absolute atomic E-state index is 13.7. The smallest absolute Gasteiger partial charge is 0.224 e. The molecule has 1 fully saturated rings. The fraction of sp³-hybridized carbons (Fsp3) is 0.421. The SMILES string of the molecule is Cc1ncc(CNC(=O)Cc2ccccc2F)c(C2CCCN2C)n1. The normalized spacial score (nSPS) is 17.6. The average molecular weight is 342 g/mol. The summed E-state index contributed by atoms with van der Waals surface area (Å²) in [5, 5.41) is 2.87. The van der Waals surface area contributed by atoms with Crippen molar-refractivity contribution in [3.05, 3.63) is 58.9 Å². The molecule has 1 saturated heterocycles. The van der Waals surface area contributed by atoms with Crippen molar-refractivity contribution in [2.24, 2.45) is 0 Å². The molecule has 0 aliphatic carbocycles. The highest BCUT2D eigenvalue weighted by molar-refractivity contribution is 5.78. The number of nitrogens with zero attached hydrogens (tertiary/aromatic N) is 3. The number of aromatic nitrogens is 2. The molecule has 25 heavy (non-hydrogen) atoms. The fourth-order valence-electron chi connectivity index (χ4n) is 3.26. The summed E-state index contributed by atoms with van der Waals surface area (Å²) in [7, 11) is 2.09. The minimum Gasteiger partial charge on any atom is -0.352 e. The molecule has 3 rings (SSSR count). The van der Waals surface area contributed by atoms with Crippen LogP contribution in [0.1, 0.15) is 41.5 Å². The molecule has 1 N–H and O–H groups in total. The lowest BCUT2D eigenvalue weighted by Crippen LogP contribution is -2.27. The Bertz CT molecular complexity index is 765. The number of aryl methyl sites for hydroxylation is 1. The van der Waals surface area contributed by atoms with Crippen molar-refractivity contribution in [1.29, 1.82) is 0 Å². The van der Waals surface area contributed by atoms with E-state index in [1.807, 2.05) is 6.92 Å². The molecule has 1 aromatic heterocycles. The van der Waals surface area contributed by atoms with Crippen LogP contribution in [0, 0.1) is 12.7 Å². The van der Waals surface area contributed by atoms with Gasteiger partial charge in [-0.15, -0.1) is 0 Å². The molecule has 2 heterocycles. The molecule has 2 aromatic rings. The quantitative estimate of drug-likeness (QED) is 0.907. The first-order valence-electron chi connectivity index (χ1n) is 8.57. The van der Waals surface area contributed by atoms with Gasteiger partial charge in [-0.1, -0.05) is 18.2 Å². The zero-order valence-corrected chi connectivity index (χ0v) is 14.6. The van der Waals surface area contributed by atoms with E-state index in [2.05, 4.69) is 27.2 Å². The van der Waals surface area contributed by atoms with Crippen LogP contribution in [0.3, 0.4) is 0 Å². The number of halogens is 1. The monoisotopic (exact) mass is 342 g/mol. The van der Waals surface area contributed by atoms with E-state index in [-0.39, 0.29) is 24.2 Å². The Kier molecular flexibility index (Phi) is 5.38. The van der Waals surface area contributed by atoms with E-state index < -0.39 is 0 Å². The van der Waals surface area contributed by atoms with Gasteiger partial charge in [-0.25, -0.2) is 14.4 Å². The van der Waals surface area contributed by atoms with Crippen molar-refractivity contribution in [3.8, 4) is 0 Å². The van der Waals surface area contributed by atoms with Gasteiger partial charge in [0, 0.05) is 18.3 Å². The summed E-state index contributed by atoms with van der Waals surface area (Å²) in [6.45, 7) is 3.28. The molecule has 1 atom stereocenters. The molecule has 0 spiro atoms. The average Bonchev–Trinajstić information content (AvgIpc) is 3.01. The minimum atomic E-state index is -0.357. The van der Waals surface area contributed by atoms with E-state index in [0.29, 0.717) is 12.1 Å². The third kappa shape index (κ3) is 4.20. The number of likely N-dealkylation sites (tertiary alicyclic amines) is 1. The second-order valence-electron chi connectivity index (χ2n) is 6.51. The molecule has 1 aromatic carbocycles. The van der Waals surface area contributed by atoms with Crippen molar-refractivity contribution in [1.82, 2.24) is 20.2 Å². The number of rotatable bonds is 5. The number of nitrogens with one attached hydrogen (secondary N) is 1. The van der Waals surface area contributed by atoms with Gasteiger partial charge in [0.05, 0.1) is 18.2 Å². The molecule has 1 amide bonds. The predicted octanol–water partition coefficient (Wildman–Crippen LogP) is 2.55. The van der Waals surface area contributed by atoms with E-state index in [1.54, 1.807) is 24.4 Å². The predicted molar refractivity (Wildman–Crippen MR) is 93.3 cm³/mol. The molecule has 5 nitrogen and oxygen atoms in total. The molecular weight excluding hydrogens is 319 g/mol. The maximum atomic E-state index is 13.7. The summed E-state index contributed by atoms with van der Waals surface area (Å²) in [4.78, 5) is 23.3. The molecule has 0 radical (unpaired) electrons. The summed E-state index contributed by atoms with van der Waals surface area (Å²) >= 11 is 0. The highest BCUT2D eigenvalue weighted by Gasteiger charge is 2.26. The molecule has 6 heteroatoms. The third-order valence-corrected chi connectivity index (χ3v) is 4.64. The molecular formula is C19H23FN4O. The van der Waals surface area contributed by atoms with Crippen LogP contribution in [-0.4, -0.2) is 34.4 Å². The van der Waals surface area contributed by atoms with Gasteiger partial charge in [0.15, 0.2) is 0 Å². The van der Waals surface area contributed by atoms with Crippen LogP contribution in [-0.2, 0) is 17.8 Å². The Hall–Kier alpha value is -2.34. The number of amides is 1. The maximum Gasteiger partial charge on any atom is 0.224 e. The lowest BCUT2D eigenvalue weighted by Gasteiger charge is -2.21. The van der Waals surface area contributed by atoms with E-state index in [9.17, 15) is 9.18 Å². The lowest BCUT2D eigenvalue weighted by molar-refractivity contribution is -0.120. The van der Waals surface area contributed by atoms with Crippen molar-refractivity contribution in [3.63, 3.8) is 0 Å². The summed E-state index contributed by atoms with van der Waals surface area (Å²) in [6.07, 6.45) is 4.01. The first kappa shape index (κ1) is 17.5. The van der Waals surface area contributed by atoms with Gasteiger partial charge in [0.25, 0.3) is 0 Å². The lowest BCUT2D eigenvalue weighted by atomic mass is 10.1. The molecule has 0 bridgehead atoms. The Morgan fingerprint density at radius 2 is 2.16 bits per heavy atom. The summed E-state index contributed by atoms with van der Waals surface area (Å²) in [5.74, 6) is 0.165. The van der Waals surface area contributed by atoms with Crippen LogP contribution in [0.2, 0.25) is 0 Å². The zero-order valence-electron chi connectivity index (χ0n) is 14.6. The first-order valence-corrected chi connectivity index (χ1v) is 8.57. The third-order valence-electron chi connectivity index (χ3n) is 4.64. The standard InChI is InChI=1S/C19H23FN4O/c1-13-21-11-15(19(23-13)17-8-5-9-24(17)2)12-22-18(25)10-14-6-3-4-7-16(14)20/h3-4,6-7,11,17H,5,8-10,12H2,1-2H3,(H,22,25). The van der Waals surface area contributed by atoms with Crippen molar-refractivity contribution in [2.45, 2.75) is 38.8 Å². The topological polar surface area (TPSA) is 58.1 Å². The molecule has 132 valence electrons. The van der Waals surface area contributed by atoms with Crippen LogP contribution < -0.4 is 5.32 Å². The largest absolute Gasteiger partial charge is 0.352 e. The van der Waals surface area contributed by atoms with Crippen LogP contribution >= 0.6 is 0 Å². The number of hydrogen-bond acceptors (Lipinski definition) is 4. The minimum absolute atomic E-state index is 0.0258. The van der Waals surface area contributed by atoms with Crippen LogP contribution in [0.25, 0.3) is 0 Å². The Morgan fingerprint density at radius 3 is 2.88 bits per heavy atom. The molecule has 0 saturated carbocycles. The van der Waals surface area contributed by atoms with Gasteiger partial charge >= 0.3 is 0 Å². The van der Waals surface area contributed by atoms with Gasteiger partial charge in [-0.2, -0.15) is 0 Å². The van der Waals surface area contributed by atoms with E-state index in [0.717, 1.165) is 36.5 Å². The highest BCUT2D eigenvalue weighted by atomic mass is 19.1. The van der Waals surface area contributed by atoms with Gasteiger partial charge in [0.1, 0.15) is 11.6 Å². The van der Waals surface area contributed by atoms with Crippen molar-refractivity contribution < 1.29 is 9.18 Å². The van der Waals surface area contributed by atoms with E-state index in [1.165, 1.54) is 6.07 Å². The summed E-state index contributed by atoms with van der Waals surface area (Å²) in [5.41, 5.74) is 2.31. The second kappa shape index (κ2) is 7.70. The number of carbonyl (C=O) groups is 1. The van der Waals surface area contributed by atoms with E-state index >= 15 is 0 Å². The first-order chi connectivity index (χ1) is 12.0. The Balaban J connectivity index is 1.68. The Labute approximate surface area is 147 Å². The molecule has 1 aliphatic heterocycles. The summed E-state index contributed by atoms with van der Waals surface area (Å²) in [6, 6.07) is 6.60. The number of hydrogen-bond donors (Lipinski definition) is 1. The van der Waals surface area contributed by atoms with Crippen LogP contribution in [0.4, 0.5) is 4.39 Å². The van der Waals surface area contributed by atoms with Crippen molar-refractivity contribution in [2.75, 3.05) is 13.6 Å². The zero-order chi connectivity index (χ0) is 17.8. The van der Waals surface area contributed by atoms with Gasteiger partial charge < -0.3 is 5.32 Å². The number of carbonyl (C=O) groups excluding carboxylic acids is 1. The molecule has 1 unspecified atom stereocenters. The molecule has 1 aliphatic rings. The van der Waals surface area contributed by atoms with Crippen molar-refractivity contribution >= 4 is 5.91 Å². The van der Waals surface area contributed by atoms with E-state index in [4.69, 9.17) is 0 Å². The second-order valence-corrected chi connectivity index (χ2v) is 6.51. The van der Waals surface area contributed by atoms with Gasteiger partial charge in [-0.3, -0.25) is 9.69 Å². The number of benzene rings is 1. The fourth-order valence-corrected chi connectivity index (χ4v) is 3.26.